The predicted octanol–water partition coefficient (Wildman–Crippen LogP) is 1.88. The number of methoxy groups -OCH3 is 1. The average Bonchev–Trinajstić information content (AvgIpc) is 2.30. The molecular weight excluding hydrogens is 244 g/mol. The smallest absolute Gasteiger partial charge is 0.304 e. The van der Waals surface area contributed by atoms with Gasteiger partial charge in [-0.25, -0.2) is 8.78 Å². The van der Waals surface area contributed by atoms with E-state index < -0.39 is 17.6 Å². The second-order valence-corrected chi connectivity index (χ2v) is 3.96. The molecule has 0 aliphatic heterocycles. The fraction of sp³-hybridized carbons (Fsp3) is 0.417. The summed E-state index contributed by atoms with van der Waals surface area (Å²) < 4.78 is 31.6. The fourth-order valence-electron chi connectivity index (χ4n) is 1.50. The molecule has 0 bridgehead atoms. The molecule has 0 aliphatic rings. The maximum atomic E-state index is 13.6. The minimum absolute atomic E-state index is 0.0449. The number of carboxylic acid groups (broad SMARTS) is 1. The van der Waals surface area contributed by atoms with Crippen LogP contribution in [0.1, 0.15) is 12.0 Å². The molecule has 0 heterocycles. The highest BCUT2D eigenvalue weighted by Crippen LogP contribution is 2.22. The van der Waals surface area contributed by atoms with Crippen molar-refractivity contribution in [3.8, 4) is 5.75 Å². The zero-order valence-electron chi connectivity index (χ0n) is 10.2. The Morgan fingerprint density at radius 1 is 1.39 bits per heavy atom. The largest absolute Gasteiger partial charge is 0.494 e. The summed E-state index contributed by atoms with van der Waals surface area (Å²) >= 11 is 0. The van der Waals surface area contributed by atoms with Crippen molar-refractivity contribution >= 4 is 5.97 Å². The summed E-state index contributed by atoms with van der Waals surface area (Å²) in [6.07, 6.45) is -0.0449. The van der Waals surface area contributed by atoms with E-state index in [1.165, 1.54) is 7.11 Å². The zero-order valence-corrected chi connectivity index (χ0v) is 10.2. The first-order valence-corrected chi connectivity index (χ1v) is 5.36. The van der Waals surface area contributed by atoms with Gasteiger partial charge in [0, 0.05) is 24.7 Å². The molecule has 1 N–H and O–H groups in total. The highest BCUT2D eigenvalue weighted by molar-refractivity contribution is 5.66. The molecule has 0 radical (unpaired) electrons. The van der Waals surface area contributed by atoms with E-state index in [0.717, 1.165) is 12.1 Å². The van der Waals surface area contributed by atoms with Gasteiger partial charge < -0.3 is 14.7 Å². The van der Waals surface area contributed by atoms with Crippen LogP contribution in [0, 0.1) is 11.6 Å². The molecule has 0 saturated heterocycles. The van der Waals surface area contributed by atoms with E-state index in [9.17, 15) is 13.6 Å². The van der Waals surface area contributed by atoms with Crippen LogP contribution >= 0.6 is 0 Å². The lowest BCUT2D eigenvalue weighted by Gasteiger charge is -2.16. The maximum Gasteiger partial charge on any atom is 0.304 e. The SMILES string of the molecule is COc1cc(F)c(CN(C)CCC(=O)O)cc1F. The van der Waals surface area contributed by atoms with Crippen molar-refractivity contribution in [3.05, 3.63) is 29.3 Å². The van der Waals surface area contributed by atoms with Gasteiger partial charge in [0.1, 0.15) is 5.82 Å². The molecule has 0 amide bonds. The Labute approximate surface area is 104 Å². The molecule has 100 valence electrons. The van der Waals surface area contributed by atoms with Gasteiger partial charge in [0.25, 0.3) is 0 Å². The number of aliphatic carboxylic acids is 1. The van der Waals surface area contributed by atoms with Crippen molar-refractivity contribution in [2.24, 2.45) is 0 Å². The monoisotopic (exact) mass is 259 g/mol. The van der Waals surface area contributed by atoms with Gasteiger partial charge in [-0.05, 0) is 13.1 Å². The van der Waals surface area contributed by atoms with E-state index in [1.807, 2.05) is 0 Å². The molecule has 0 aliphatic carbocycles. The van der Waals surface area contributed by atoms with Crippen LogP contribution in [-0.2, 0) is 11.3 Å². The molecule has 6 heteroatoms. The highest BCUT2D eigenvalue weighted by Gasteiger charge is 2.12. The van der Waals surface area contributed by atoms with Crippen molar-refractivity contribution in [3.63, 3.8) is 0 Å². The van der Waals surface area contributed by atoms with Gasteiger partial charge >= 0.3 is 5.97 Å². The van der Waals surface area contributed by atoms with Crippen molar-refractivity contribution in [2.45, 2.75) is 13.0 Å². The third-order valence-corrected chi connectivity index (χ3v) is 2.47. The summed E-state index contributed by atoms with van der Waals surface area (Å²) in [4.78, 5) is 12.0. The number of benzene rings is 1. The number of hydrogen-bond acceptors (Lipinski definition) is 3. The van der Waals surface area contributed by atoms with E-state index in [-0.39, 0.29) is 30.8 Å². The van der Waals surface area contributed by atoms with Gasteiger partial charge in [0.15, 0.2) is 11.6 Å². The van der Waals surface area contributed by atoms with Crippen LogP contribution in [0.4, 0.5) is 8.78 Å². The molecule has 0 fully saturated rings. The third-order valence-electron chi connectivity index (χ3n) is 2.47. The summed E-state index contributed by atoms with van der Waals surface area (Å²) in [5, 5.41) is 8.52. The quantitative estimate of drug-likeness (QED) is 0.847. The van der Waals surface area contributed by atoms with Crippen LogP contribution in [0.5, 0.6) is 5.75 Å². The van der Waals surface area contributed by atoms with Gasteiger partial charge in [-0.2, -0.15) is 0 Å². The van der Waals surface area contributed by atoms with Crippen LogP contribution in [0.15, 0.2) is 12.1 Å². The highest BCUT2D eigenvalue weighted by atomic mass is 19.1. The Balaban J connectivity index is 2.72. The lowest BCUT2D eigenvalue weighted by atomic mass is 10.2. The third kappa shape index (κ3) is 3.96. The average molecular weight is 259 g/mol. The second kappa shape index (κ2) is 6.30. The van der Waals surface area contributed by atoms with Crippen LogP contribution < -0.4 is 4.74 Å². The van der Waals surface area contributed by atoms with Crippen molar-refractivity contribution in [2.75, 3.05) is 20.7 Å². The number of halogens is 2. The van der Waals surface area contributed by atoms with E-state index in [1.54, 1.807) is 11.9 Å². The van der Waals surface area contributed by atoms with Gasteiger partial charge in [-0.15, -0.1) is 0 Å². The summed E-state index contributed by atoms with van der Waals surface area (Å²) in [7, 11) is 2.90. The molecule has 18 heavy (non-hydrogen) atoms. The zero-order chi connectivity index (χ0) is 13.7. The number of nitrogens with zero attached hydrogens (tertiary/aromatic N) is 1. The van der Waals surface area contributed by atoms with Crippen LogP contribution in [-0.4, -0.2) is 36.7 Å². The molecule has 0 unspecified atom stereocenters. The summed E-state index contributed by atoms with van der Waals surface area (Å²) in [5.41, 5.74) is 0.168. The molecular formula is C12H15F2NO3. The van der Waals surface area contributed by atoms with Crippen LogP contribution in [0.2, 0.25) is 0 Å². The molecule has 1 aromatic carbocycles. The Morgan fingerprint density at radius 3 is 2.61 bits per heavy atom. The Bertz CT molecular complexity index is 438. The molecule has 4 nitrogen and oxygen atoms in total. The van der Waals surface area contributed by atoms with Gasteiger partial charge in [-0.1, -0.05) is 0 Å². The lowest BCUT2D eigenvalue weighted by molar-refractivity contribution is -0.137. The van der Waals surface area contributed by atoms with Gasteiger partial charge in [0.2, 0.25) is 0 Å². The van der Waals surface area contributed by atoms with Crippen LogP contribution in [0.3, 0.4) is 0 Å². The normalized spacial score (nSPS) is 10.7. The first kappa shape index (κ1) is 14.4. The number of rotatable bonds is 6. The van der Waals surface area contributed by atoms with E-state index in [0.29, 0.717) is 0 Å². The van der Waals surface area contributed by atoms with Gasteiger partial charge in [0.05, 0.1) is 13.5 Å². The Hall–Kier alpha value is -1.69. The molecule has 1 aromatic rings. The Kier molecular flexibility index (Phi) is 5.03. The molecule has 0 spiro atoms. The molecule has 1 rings (SSSR count). The van der Waals surface area contributed by atoms with Crippen LogP contribution in [0.25, 0.3) is 0 Å². The topological polar surface area (TPSA) is 49.8 Å². The standard InChI is InChI=1S/C12H15F2NO3/c1-15(4-3-12(16)17)7-8-5-10(14)11(18-2)6-9(8)13/h5-6H,3-4,7H2,1-2H3,(H,16,17). The summed E-state index contributed by atoms with van der Waals surface area (Å²) in [5.74, 6) is -2.29. The van der Waals surface area contributed by atoms with E-state index in [2.05, 4.69) is 4.74 Å². The number of hydrogen-bond donors (Lipinski definition) is 1. The summed E-state index contributed by atoms with van der Waals surface area (Å²) in [6, 6.07) is 2.04. The van der Waals surface area contributed by atoms with Gasteiger partial charge in [-0.3, -0.25) is 4.79 Å². The molecule has 0 aromatic heterocycles. The minimum Gasteiger partial charge on any atom is -0.494 e. The predicted molar refractivity (Wildman–Crippen MR) is 61.5 cm³/mol. The van der Waals surface area contributed by atoms with Crippen molar-refractivity contribution in [1.29, 1.82) is 0 Å². The fourth-order valence-corrected chi connectivity index (χ4v) is 1.50. The summed E-state index contributed by atoms with van der Waals surface area (Å²) in [6.45, 7) is 0.405. The van der Waals surface area contributed by atoms with E-state index >= 15 is 0 Å². The molecule has 0 atom stereocenters. The van der Waals surface area contributed by atoms with E-state index in [4.69, 9.17) is 5.11 Å². The number of ether oxygens (including phenoxy) is 1. The molecule has 0 saturated carbocycles. The number of carbonyl (C=O) groups is 1. The first-order chi connectivity index (χ1) is 8.43. The Morgan fingerprint density at radius 2 is 2.06 bits per heavy atom. The van der Waals surface area contributed by atoms with Crippen molar-refractivity contribution < 1.29 is 23.4 Å². The minimum atomic E-state index is -0.928. The second-order valence-electron chi connectivity index (χ2n) is 3.96. The first-order valence-electron chi connectivity index (χ1n) is 5.36. The number of carboxylic acids is 1. The van der Waals surface area contributed by atoms with Crippen molar-refractivity contribution in [1.82, 2.24) is 4.90 Å². The maximum absolute atomic E-state index is 13.6. The lowest BCUT2D eigenvalue weighted by Crippen LogP contribution is -2.22.